The maximum atomic E-state index is 5.44. The van der Waals surface area contributed by atoms with Crippen LogP contribution in [0.3, 0.4) is 0 Å². The smallest absolute Gasteiger partial charge is 0.0695 e. The van der Waals surface area contributed by atoms with E-state index < -0.39 is 0 Å². The van der Waals surface area contributed by atoms with Crippen molar-refractivity contribution < 1.29 is 4.74 Å². The van der Waals surface area contributed by atoms with Gasteiger partial charge < -0.3 is 4.74 Å². The van der Waals surface area contributed by atoms with Crippen LogP contribution >= 0.6 is 0 Å². The van der Waals surface area contributed by atoms with Crippen molar-refractivity contribution >= 4 is 0 Å². The van der Waals surface area contributed by atoms with E-state index in [4.69, 9.17) is 10.6 Å². The SMILES string of the molecule is CCCOCC(NN)c1ccncc1. The monoisotopic (exact) mass is 195 g/mol. The fraction of sp³-hybridized carbons (Fsp3) is 0.500. The Hall–Kier alpha value is -0.970. The second kappa shape index (κ2) is 6.48. The molecule has 0 radical (unpaired) electrons. The van der Waals surface area contributed by atoms with Gasteiger partial charge in [-0.05, 0) is 24.1 Å². The number of hydrazine groups is 1. The normalized spacial score (nSPS) is 12.7. The molecule has 1 unspecified atom stereocenters. The summed E-state index contributed by atoms with van der Waals surface area (Å²) in [7, 11) is 0. The topological polar surface area (TPSA) is 60.2 Å². The standard InChI is InChI=1S/C10H17N3O/c1-2-7-14-8-10(13-11)9-3-5-12-6-4-9/h3-6,10,13H,2,7-8,11H2,1H3. The van der Waals surface area contributed by atoms with Gasteiger partial charge in [-0.15, -0.1) is 0 Å². The van der Waals surface area contributed by atoms with Gasteiger partial charge in [0, 0.05) is 19.0 Å². The quantitative estimate of drug-likeness (QED) is 0.404. The molecule has 0 saturated carbocycles. The maximum absolute atomic E-state index is 5.44. The fourth-order valence-corrected chi connectivity index (χ4v) is 1.18. The molecule has 0 bridgehead atoms. The zero-order valence-electron chi connectivity index (χ0n) is 8.44. The summed E-state index contributed by atoms with van der Waals surface area (Å²) in [6.45, 7) is 3.44. The lowest BCUT2D eigenvalue weighted by Gasteiger charge is -2.15. The number of ether oxygens (including phenoxy) is 1. The molecular formula is C10H17N3O. The summed E-state index contributed by atoms with van der Waals surface area (Å²) in [4.78, 5) is 3.95. The summed E-state index contributed by atoms with van der Waals surface area (Å²) in [5.74, 6) is 5.44. The van der Waals surface area contributed by atoms with Gasteiger partial charge in [-0.1, -0.05) is 6.92 Å². The predicted octanol–water partition coefficient (Wildman–Crippen LogP) is 1.01. The molecule has 0 amide bonds. The van der Waals surface area contributed by atoms with Crippen LogP contribution < -0.4 is 11.3 Å². The van der Waals surface area contributed by atoms with Crippen LogP contribution in [0.5, 0.6) is 0 Å². The molecule has 78 valence electrons. The van der Waals surface area contributed by atoms with Crippen LogP contribution in [0.4, 0.5) is 0 Å². The molecule has 1 rings (SSSR count). The number of hydrogen-bond acceptors (Lipinski definition) is 4. The average Bonchev–Trinajstić information content (AvgIpc) is 2.26. The van der Waals surface area contributed by atoms with Gasteiger partial charge in [0.25, 0.3) is 0 Å². The Morgan fingerprint density at radius 1 is 1.50 bits per heavy atom. The predicted molar refractivity (Wildman–Crippen MR) is 55.4 cm³/mol. The first-order valence-corrected chi connectivity index (χ1v) is 4.82. The van der Waals surface area contributed by atoms with Crippen LogP contribution in [-0.4, -0.2) is 18.2 Å². The Bertz CT molecular complexity index is 240. The molecule has 1 aromatic heterocycles. The molecule has 0 spiro atoms. The molecule has 0 aliphatic rings. The second-order valence-corrected chi connectivity index (χ2v) is 3.07. The Morgan fingerprint density at radius 3 is 2.79 bits per heavy atom. The van der Waals surface area contributed by atoms with Crippen LogP contribution in [-0.2, 0) is 4.74 Å². The van der Waals surface area contributed by atoms with Crippen LogP contribution in [0.25, 0.3) is 0 Å². The van der Waals surface area contributed by atoms with Crippen molar-refractivity contribution in [1.29, 1.82) is 0 Å². The van der Waals surface area contributed by atoms with Crippen LogP contribution in [0.15, 0.2) is 24.5 Å². The Kier molecular flexibility index (Phi) is 5.14. The summed E-state index contributed by atoms with van der Waals surface area (Å²) in [5, 5.41) is 0. The lowest BCUT2D eigenvalue weighted by atomic mass is 10.1. The van der Waals surface area contributed by atoms with E-state index in [1.807, 2.05) is 12.1 Å². The molecule has 0 aliphatic carbocycles. The lowest BCUT2D eigenvalue weighted by Crippen LogP contribution is -2.31. The summed E-state index contributed by atoms with van der Waals surface area (Å²) >= 11 is 0. The molecule has 0 aromatic carbocycles. The zero-order valence-corrected chi connectivity index (χ0v) is 8.44. The molecule has 1 atom stereocenters. The minimum atomic E-state index is 0.0459. The molecule has 0 fully saturated rings. The van der Waals surface area contributed by atoms with E-state index in [0.717, 1.165) is 18.6 Å². The van der Waals surface area contributed by atoms with Gasteiger partial charge in [-0.2, -0.15) is 0 Å². The lowest BCUT2D eigenvalue weighted by molar-refractivity contribution is 0.112. The number of rotatable bonds is 6. The van der Waals surface area contributed by atoms with Gasteiger partial charge in [0.05, 0.1) is 12.6 Å². The summed E-state index contributed by atoms with van der Waals surface area (Å²) < 4.78 is 5.43. The highest BCUT2D eigenvalue weighted by atomic mass is 16.5. The van der Waals surface area contributed by atoms with E-state index in [1.165, 1.54) is 0 Å². The van der Waals surface area contributed by atoms with Gasteiger partial charge in [0.1, 0.15) is 0 Å². The molecule has 4 nitrogen and oxygen atoms in total. The van der Waals surface area contributed by atoms with Crippen molar-refractivity contribution in [2.24, 2.45) is 5.84 Å². The van der Waals surface area contributed by atoms with E-state index in [0.29, 0.717) is 6.61 Å². The molecule has 4 heteroatoms. The maximum Gasteiger partial charge on any atom is 0.0695 e. The van der Waals surface area contributed by atoms with Gasteiger partial charge >= 0.3 is 0 Å². The van der Waals surface area contributed by atoms with Crippen LogP contribution in [0, 0.1) is 0 Å². The first kappa shape index (κ1) is 11.1. The van der Waals surface area contributed by atoms with E-state index in [9.17, 15) is 0 Å². The zero-order chi connectivity index (χ0) is 10.2. The molecule has 0 saturated heterocycles. The number of aromatic nitrogens is 1. The number of nitrogens with one attached hydrogen (secondary N) is 1. The minimum Gasteiger partial charge on any atom is -0.379 e. The number of hydrogen-bond donors (Lipinski definition) is 2. The summed E-state index contributed by atoms with van der Waals surface area (Å²) in [6.07, 6.45) is 4.52. The third-order valence-electron chi connectivity index (χ3n) is 1.94. The Morgan fingerprint density at radius 2 is 2.21 bits per heavy atom. The number of pyridine rings is 1. The van der Waals surface area contributed by atoms with Crippen LogP contribution in [0.1, 0.15) is 24.9 Å². The molecule has 14 heavy (non-hydrogen) atoms. The summed E-state index contributed by atoms with van der Waals surface area (Å²) in [6, 6.07) is 3.91. The van der Waals surface area contributed by atoms with Crippen molar-refractivity contribution in [2.75, 3.05) is 13.2 Å². The molecular weight excluding hydrogens is 178 g/mol. The highest BCUT2D eigenvalue weighted by molar-refractivity contribution is 5.14. The molecule has 1 heterocycles. The van der Waals surface area contributed by atoms with Gasteiger partial charge in [0.2, 0.25) is 0 Å². The second-order valence-electron chi connectivity index (χ2n) is 3.07. The van der Waals surface area contributed by atoms with Crippen molar-refractivity contribution in [3.05, 3.63) is 30.1 Å². The van der Waals surface area contributed by atoms with Gasteiger partial charge in [-0.25, -0.2) is 0 Å². The largest absolute Gasteiger partial charge is 0.379 e. The van der Waals surface area contributed by atoms with Crippen molar-refractivity contribution in [2.45, 2.75) is 19.4 Å². The van der Waals surface area contributed by atoms with Gasteiger partial charge in [0.15, 0.2) is 0 Å². The van der Waals surface area contributed by atoms with E-state index in [-0.39, 0.29) is 6.04 Å². The Balaban J connectivity index is 2.46. The number of nitrogens with two attached hydrogens (primary N) is 1. The average molecular weight is 195 g/mol. The Labute approximate surface area is 84.4 Å². The van der Waals surface area contributed by atoms with E-state index >= 15 is 0 Å². The van der Waals surface area contributed by atoms with E-state index in [1.54, 1.807) is 12.4 Å². The van der Waals surface area contributed by atoms with Crippen molar-refractivity contribution in [3.63, 3.8) is 0 Å². The minimum absolute atomic E-state index is 0.0459. The third kappa shape index (κ3) is 3.41. The first-order valence-electron chi connectivity index (χ1n) is 4.82. The van der Waals surface area contributed by atoms with Gasteiger partial charge in [-0.3, -0.25) is 16.3 Å². The highest BCUT2D eigenvalue weighted by Crippen LogP contribution is 2.10. The molecule has 1 aromatic rings. The first-order chi connectivity index (χ1) is 6.88. The van der Waals surface area contributed by atoms with Crippen LogP contribution in [0.2, 0.25) is 0 Å². The van der Waals surface area contributed by atoms with Crippen molar-refractivity contribution in [3.8, 4) is 0 Å². The third-order valence-corrected chi connectivity index (χ3v) is 1.94. The number of nitrogens with zero attached hydrogens (tertiary/aromatic N) is 1. The van der Waals surface area contributed by atoms with E-state index in [2.05, 4.69) is 17.3 Å². The molecule has 0 aliphatic heterocycles. The molecule has 3 N–H and O–H groups in total. The summed E-state index contributed by atoms with van der Waals surface area (Å²) in [5.41, 5.74) is 3.82. The fourth-order valence-electron chi connectivity index (χ4n) is 1.18. The van der Waals surface area contributed by atoms with Crippen molar-refractivity contribution in [1.82, 2.24) is 10.4 Å². The highest BCUT2D eigenvalue weighted by Gasteiger charge is 2.08.